The van der Waals surface area contributed by atoms with E-state index in [1.54, 1.807) is 49.7 Å². The summed E-state index contributed by atoms with van der Waals surface area (Å²) in [6.45, 7) is 0. The van der Waals surface area contributed by atoms with Crippen LogP contribution in [-0.4, -0.2) is 24.2 Å². The molecule has 0 saturated carbocycles. The second-order valence-electron chi connectivity index (χ2n) is 5.40. The van der Waals surface area contributed by atoms with Gasteiger partial charge in [0.25, 0.3) is 0 Å². The number of nitrogens with one attached hydrogen (secondary N) is 2. The number of rotatable bonds is 6. The van der Waals surface area contributed by atoms with Gasteiger partial charge in [0, 0.05) is 24.0 Å². The molecule has 3 rings (SSSR count). The van der Waals surface area contributed by atoms with E-state index in [4.69, 9.17) is 26.3 Å². The first-order valence-corrected chi connectivity index (χ1v) is 8.29. The summed E-state index contributed by atoms with van der Waals surface area (Å²) in [5.41, 5.74) is 1.93. The highest BCUT2D eigenvalue weighted by Crippen LogP contribution is 2.36. The van der Waals surface area contributed by atoms with E-state index in [2.05, 4.69) is 26.7 Å². The monoisotopic (exact) mass is 381 g/mol. The highest BCUT2D eigenvalue weighted by atomic mass is 35.5. The summed E-state index contributed by atoms with van der Waals surface area (Å²) >= 11 is 6.13. The lowest BCUT2D eigenvalue weighted by Crippen LogP contribution is -2.02. The molecule has 0 aliphatic heterocycles. The molecule has 136 valence electrons. The molecule has 0 saturated heterocycles. The van der Waals surface area contributed by atoms with E-state index in [1.165, 1.54) is 7.11 Å². The van der Waals surface area contributed by atoms with Gasteiger partial charge < -0.3 is 20.1 Å². The molecule has 0 aliphatic carbocycles. The number of benzene rings is 2. The zero-order chi connectivity index (χ0) is 19.2. The van der Waals surface area contributed by atoms with E-state index in [0.717, 1.165) is 5.69 Å². The number of aromatic nitrogens is 2. The summed E-state index contributed by atoms with van der Waals surface area (Å²) in [7, 11) is 3.08. The van der Waals surface area contributed by atoms with E-state index in [1.807, 2.05) is 6.07 Å². The zero-order valence-electron chi connectivity index (χ0n) is 14.7. The van der Waals surface area contributed by atoms with Crippen LogP contribution in [0, 0.1) is 11.3 Å². The van der Waals surface area contributed by atoms with Crippen molar-refractivity contribution < 1.29 is 9.47 Å². The van der Waals surface area contributed by atoms with Gasteiger partial charge in [-0.1, -0.05) is 17.7 Å². The molecule has 7 nitrogen and oxygen atoms in total. The lowest BCUT2D eigenvalue weighted by molar-refractivity contribution is 0.405. The number of halogens is 1. The van der Waals surface area contributed by atoms with Crippen LogP contribution in [0.2, 0.25) is 5.02 Å². The maximum absolute atomic E-state index is 9.00. The van der Waals surface area contributed by atoms with Crippen LogP contribution in [0.3, 0.4) is 0 Å². The third-order valence-electron chi connectivity index (χ3n) is 3.64. The molecular formula is C19H16ClN5O2. The van der Waals surface area contributed by atoms with Crippen molar-refractivity contribution in [2.75, 3.05) is 24.9 Å². The first-order chi connectivity index (χ1) is 13.1. The molecule has 0 radical (unpaired) electrons. The summed E-state index contributed by atoms with van der Waals surface area (Å²) in [5.74, 6) is 1.97. The van der Waals surface area contributed by atoms with E-state index in [0.29, 0.717) is 39.5 Å². The Kier molecular flexibility index (Phi) is 5.59. The van der Waals surface area contributed by atoms with Crippen molar-refractivity contribution in [1.29, 1.82) is 5.26 Å². The van der Waals surface area contributed by atoms with Crippen molar-refractivity contribution in [3.8, 4) is 17.6 Å². The molecule has 0 aliphatic rings. The molecule has 27 heavy (non-hydrogen) atoms. The van der Waals surface area contributed by atoms with Gasteiger partial charge in [0.15, 0.2) is 0 Å². The van der Waals surface area contributed by atoms with Gasteiger partial charge in [-0.25, -0.2) is 4.98 Å². The van der Waals surface area contributed by atoms with Gasteiger partial charge in [-0.3, -0.25) is 0 Å². The number of hydrogen-bond donors (Lipinski definition) is 2. The summed E-state index contributed by atoms with van der Waals surface area (Å²) in [5, 5.41) is 15.7. The molecule has 3 aromatic rings. The number of nitriles is 1. The summed E-state index contributed by atoms with van der Waals surface area (Å²) in [4.78, 5) is 8.65. The number of anilines is 4. The van der Waals surface area contributed by atoms with Gasteiger partial charge in [-0.05, 0) is 24.3 Å². The Balaban J connectivity index is 1.85. The standard InChI is InChI=1S/C19H16ClN5O2/c1-26-16-10-15(17(27-2)9-14(16)20)24-19-22-7-6-18(25-19)23-13-5-3-4-12(8-13)11-21/h3-10H,1-2H3,(H2,22,23,24,25). The fourth-order valence-corrected chi connectivity index (χ4v) is 2.61. The quantitative estimate of drug-likeness (QED) is 0.649. The van der Waals surface area contributed by atoms with Gasteiger partial charge in [-0.2, -0.15) is 10.2 Å². The number of ether oxygens (including phenoxy) is 2. The largest absolute Gasteiger partial charge is 0.495 e. The lowest BCUT2D eigenvalue weighted by Gasteiger charge is -2.13. The third-order valence-corrected chi connectivity index (χ3v) is 3.94. The molecule has 2 aromatic carbocycles. The number of nitrogens with zero attached hydrogens (tertiary/aromatic N) is 3. The molecule has 1 aromatic heterocycles. The highest BCUT2D eigenvalue weighted by Gasteiger charge is 2.11. The first-order valence-electron chi connectivity index (χ1n) is 7.91. The van der Waals surface area contributed by atoms with Crippen molar-refractivity contribution in [2.24, 2.45) is 0 Å². The smallest absolute Gasteiger partial charge is 0.229 e. The summed E-state index contributed by atoms with van der Waals surface area (Å²) in [6.07, 6.45) is 1.62. The Labute approximate surface area is 161 Å². The Bertz CT molecular complexity index is 1000. The van der Waals surface area contributed by atoms with Crippen LogP contribution < -0.4 is 20.1 Å². The predicted molar refractivity (Wildman–Crippen MR) is 104 cm³/mol. The molecule has 0 spiro atoms. The van der Waals surface area contributed by atoms with E-state index in [9.17, 15) is 0 Å². The second-order valence-corrected chi connectivity index (χ2v) is 5.80. The Morgan fingerprint density at radius 2 is 1.85 bits per heavy atom. The average Bonchev–Trinajstić information content (AvgIpc) is 2.69. The van der Waals surface area contributed by atoms with Crippen LogP contribution in [0.1, 0.15) is 5.56 Å². The number of methoxy groups -OCH3 is 2. The minimum absolute atomic E-state index is 0.360. The first kappa shape index (κ1) is 18.3. The zero-order valence-corrected chi connectivity index (χ0v) is 15.4. The predicted octanol–water partition coefficient (Wildman–Crippen LogP) is 4.51. The van der Waals surface area contributed by atoms with Gasteiger partial charge in [0.05, 0.1) is 36.6 Å². The third kappa shape index (κ3) is 4.37. The molecular weight excluding hydrogens is 366 g/mol. The molecule has 0 unspecified atom stereocenters. The molecule has 2 N–H and O–H groups in total. The van der Waals surface area contributed by atoms with Crippen molar-refractivity contribution >= 4 is 34.7 Å². The van der Waals surface area contributed by atoms with Gasteiger partial charge in [0.1, 0.15) is 17.3 Å². The van der Waals surface area contributed by atoms with Crippen LogP contribution in [0.25, 0.3) is 0 Å². The molecule has 0 bridgehead atoms. The van der Waals surface area contributed by atoms with Crippen LogP contribution in [-0.2, 0) is 0 Å². The fourth-order valence-electron chi connectivity index (χ4n) is 2.38. The minimum Gasteiger partial charge on any atom is -0.495 e. The average molecular weight is 382 g/mol. The van der Waals surface area contributed by atoms with E-state index in [-0.39, 0.29) is 0 Å². The number of hydrogen-bond acceptors (Lipinski definition) is 7. The van der Waals surface area contributed by atoms with Gasteiger partial charge >= 0.3 is 0 Å². The Morgan fingerprint density at radius 3 is 2.59 bits per heavy atom. The van der Waals surface area contributed by atoms with E-state index >= 15 is 0 Å². The molecule has 8 heteroatoms. The van der Waals surface area contributed by atoms with Crippen molar-refractivity contribution in [3.05, 3.63) is 59.2 Å². The van der Waals surface area contributed by atoms with E-state index < -0.39 is 0 Å². The lowest BCUT2D eigenvalue weighted by atomic mass is 10.2. The van der Waals surface area contributed by atoms with Crippen molar-refractivity contribution in [2.45, 2.75) is 0 Å². The summed E-state index contributed by atoms with van der Waals surface area (Å²) in [6, 6.07) is 14.3. The molecule has 0 atom stereocenters. The van der Waals surface area contributed by atoms with Crippen LogP contribution in [0.15, 0.2) is 48.7 Å². The second kappa shape index (κ2) is 8.25. The maximum Gasteiger partial charge on any atom is 0.229 e. The van der Waals surface area contributed by atoms with Gasteiger partial charge in [0.2, 0.25) is 5.95 Å². The fraction of sp³-hybridized carbons (Fsp3) is 0.105. The van der Waals surface area contributed by atoms with Gasteiger partial charge in [-0.15, -0.1) is 0 Å². The van der Waals surface area contributed by atoms with Crippen LogP contribution >= 0.6 is 11.6 Å². The topological polar surface area (TPSA) is 92.1 Å². The maximum atomic E-state index is 9.00. The molecule has 0 amide bonds. The summed E-state index contributed by atoms with van der Waals surface area (Å²) < 4.78 is 10.6. The van der Waals surface area contributed by atoms with Crippen molar-refractivity contribution in [3.63, 3.8) is 0 Å². The van der Waals surface area contributed by atoms with Crippen molar-refractivity contribution in [1.82, 2.24) is 9.97 Å². The van der Waals surface area contributed by atoms with Crippen LogP contribution in [0.4, 0.5) is 23.1 Å². The normalized spacial score (nSPS) is 10.0. The Hall–Kier alpha value is -3.50. The molecule has 1 heterocycles. The highest BCUT2D eigenvalue weighted by molar-refractivity contribution is 6.32. The minimum atomic E-state index is 0.360. The molecule has 0 fully saturated rings. The SMILES string of the molecule is COc1cc(Nc2nccc(Nc3cccc(C#N)c3)n2)c(OC)cc1Cl. The Morgan fingerprint density at radius 1 is 1.04 bits per heavy atom. The van der Waals surface area contributed by atoms with Crippen LogP contribution in [0.5, 0.6) is 11.5 Å².